The number of anilines is 2. The van der Waals surface area contributed by atoms with E-state index in [2.05, 4.69) is 21.4 Å². The number of benzene rings is 3. The number of carbonyl (C=O) groups is 2. The maximum Gasteiger partial charge on any atom is 0.573 e. The van der Waals surface area contributed by atoms with E-state index < -0.39 is 36.6 Å². The molecule has 0 saturated heterocycles. The topological polar surface area (TPSA) is 90.9 Å². The average molecular weight is 662 g/mol. The third-order valence-corrected chi connectivity index (χ3v) is 7.20. The summed E-state index contributed by atoms with van der Waals surface area (Å²) in [6, 6.07) is 18.3. The van der Waals surface area contributed by atoms with Gasteiger partial charge in [0, 0.05) is 30.0 Å². The third kappa shape index (κ3) is 11.4. The molecular weight excluding hydrogens is 628 g/mol. The molecule has 13 heteroatoms. The normalized spacial score (nSPS) is 13.8. The number of carbonyl (C=O) groups excluding carboxylic acids is 1. The molecule has 0 heterocycles. The van der Waals surface area contributed by atoms with Gasteiger partial charge in [-0.2, -0.15) is 13.2 Å². The van der Waals surface area contributed by atoms with Gasteiger partial charge in [-0.15, -0.1) is 13.2 Å². The molecule has 1 amide bonds. The molecule has 0 aliphatic heterocycles. The van der Waals surface area contributed by atoms with Crippen molar-refractivity contribution >= 4 is 28.8 Å². The van der Waals surface area contributed by atoms with Gasteiger partial charge in [0.25, 0.3) is 5.91 Å². The Balaban J connectivity index is 1.66. The molecule has 7 nitrogen and oxygen atoms in total. The minimum atomic E-state index is -4.90. The van der Waals surface area contributed by atoms with E-state index >= 15 is 0 Å². The fourth-order valence-corrected chi connectivity index (χ4v) is 4.93. The number of allylic oxidation sites excluding steroid dienone is 3. The van der Waals surface area contributed by atoms with E-state index in [0.29, 0.717) is 11.3 Å². The van der Waals surface area contributed by atoms with Crippen molar-refractivity contribution in [2.75, 3.05) is 16.8 Å². The summed E-state index contributed by atoms with van der Waals surface area (Å²) in [6.07, 6.45) is -3.78. The summed E-state index contributed by atoms with van der Waals surface area (Å²) in [5.74, 6) is -2.00. The van der Waals surface area contributed by atoms with Gasteiger partial charge in [0.2, 0.25) is 0 Å². The molecule has 1 aliphatic rings. The molecule has 3 N–H and O–H groups in total. The van der Waals surface area contributed by atoms with Crippen molar-refractivity contribution in [1.82, 2.24) is 5.32 Å². The summed E-state index contributed by atoms with van der Waals surface area (Å²) in [5.41, 5.74) is 3.84. The number of carboxylic acids is 1. The van der Waals surface area contributed by atoms with Crippen LogP contribution in [0.15, 0.2) is 90.8 Å². The first kappa shape index (κ1) is 34.9. The lowest BCUT2D eigenvalue weighted by molar-refractivity contribution is -0.274. The van der Waals surface area contributed by atoms with E-state index in [0.717, 1.165) is 49.5 Å². The zero-order chi connectivity index (χ0) is 34.0. The van der Waals surface area contributed by atoms with E-state index in [1.54, 1.807) is 29.2 Å². The first-order chi connectivity index (χ1) is 22.3. The lowest BCUT2D eigenvalue weighted by Gasteiger charge is -2.29. The Morgan fingerprint density at radius 3 is 2.15 bits per heavy atom. The van der Waals surface area contributed by atoms with Crippen molar-refractivity contribution in [3.05, 3.63) is 107 Å². The van der Waals surface area contributed by atoms with Gasteiger partial charge in [0.1, 0.15) is 11.6 Å². The number of hydrogen-bond donors (Lipinski definition) is 3. The summed E-state index contributed by atoms with van der Waals surface area (Å²) in [5, 5.41) is 14.2. The van der Waals surface area contributed by atoms with E-state index in [1.165, 1.54) is 29.8 Å². The van der Waals surface area contributed by atoms with Crippen LogP contribution < -0.4 is 20.3 Å². The molecule has 0 bridgehead atoms. The van der Waals surface area contributed by atoms with Crippen molar-refractivity contribution in [2.45, 2.75) is 57.6 Å². The van der Waals surface area contributed by atoms with Gasteiger partial charge in [0.15, 0.2) is 0 Å². The maximum atomic E-state index is 13.5. The predicted octanol–water partition coefficient (Wildman–Crippen LogP) is 8.66. The zero-order valence-electron chi connectivity index (χ0n) is 25.1. The Kier molecular flexibility index (Phi) is 11.6. The minimum Gasteiger partial charge on any atom is -0.481 e. The van der Waals surface area contributed by atoms with Gasteiger partial charge in [-0.05, 0) is 97.0 Å². The number of aliphatic carboxylic acids is 1. The number of alkyl halides is 6. The van der Waals surface area contributed by atoms with Crippen LogP contribution in [0.5, 0.6) is 5.75 Å². The molecule has 0 spiro atoms. The quantitative estimate of drug-likeness (QED) is 0.159. The summed E-state index contributed by atoms with van der Waals surface area (Å²) in [7, 11) is 0. The van der Waals surface area contributed by atoms with Crippen LogP contribution in [0.2, 0.25) is 0 Å². The molecule has 1 aliphatic carbocycles. The zero-order valence-corrected chi connectivity index (χ0v) is 25.1. The fraction of sp³-hybridized carbons (Fsp3) is 0.294. The van der Waals surface area contributed by atoms with Crippen molar-refractivity contribution < 1.29 is 45.8 Å². The molecule has 3 aromatic rings. The Bertz CT molecular complexity index is 1570. The summed E-state index contributed by atoms with van der Waals surface area (Å²) in [4.78, 5) is 24.8. The highest BCUT2D eigenvalue weighted by Gasteiger charge is 2.31. The SMILES string of the molecule is O=C(O)CCNC(=O)c1ccc(CN(/C(=C\CC(F)(F)F)Nc2ccc(OC(F)(F)F)cc2)c2ccc(C3=CCCCC3)cc2)cc1. The third-order valence-electron chi connectivity index (χ3n) is 7.20. The summed E-state index contributed by atoms with van der Waals surface area (Å²) in [6.45, 7) is -0.00610. The molecule has 0 aromatic heterocycles. The second-order valence-electron chi connectivity index (χ2n) is 10.8. The number of amides is 1. The molecule has 0 unspecified atom stereocenters. The molecule has 3 aromatic carbocycles. The maximum absolute atomic E-state index is 13.5. The number of halogens is 6. The van der Waals surface area contributed by atoms with Crippen LogP contribution in [0.25, 0.3) is 5.57 Å². The Morgan fingerprint density at radius 2 is 1.57 bits per heavy atom. The number of hydrogen-bond acceptors (Lipinski definition) is 5. The van der Waals surface area contributed by atoms with Crippen molar-refractivity contribution in [2.24, 2.45) is 0 Å². The largest absolute Gasteiger partial charge is 0.573 e. The molecule has 0 saturated carbocycles. The van der Waals surface area contributed by atoms with E-state index in [-0.39, 0.29) is 36.6 Å². The highest BCUT2D eigenvalue weighted by Crippen LogP contribution is 2.32. The van der Waals surface area contributed by atoms with Gasteiger partial charge in [-0.1, -0.05) is 30.3 Å². The monoisotopic (exact) mass is 661 g/mol. The molecule has 4 rings (SSSR count). The Morgan fingerprint density at radius 1 is 0.894 bits per heavy atom. The van der Waals surface area contributed by atoms with Gasteiger partial charge < -0.3 is 25.4 Å². The smallest absolute Gasteiger partial charge is 0.481 e. The fourth-order valence-electron chi connectivity index (χ4n) is 4.93. The van der Waals surface area contributed by atoms with Crippen LogP contribution >= 0.6 is 0 Å². The van der Waals surface area contributed by atoms with Crippen LogP contribution in [0, 0.1) is 0 Å². The minimum absolute atomic E-state index is 0.0203. The van der Waals surface area contributed by atoms with Crippen LogP contribution in [-0.4, -0.2) is 36.1 Å². The lowest BCUT2D eigenvalue weighted by atomic mass is 9.93. The highest BCUT2D eigenvalue weighted by molar-refractivity contribution is 5.94. The number of rotatable bonds is 13. The Labute approximate surface area is 267 Å². The molecule has 0 radical (unpaired) electrons. The van der Waals surface area contributed by atoms with Crippen molar-refractivity contribution in [3.63, 3.8) is 0 Å². The van der Waals surface area contributed by atoms with E-state index in [1.807, 2.05) is 12.1 Å². The first-order valence-corrected chi connectivity index (χ1v) is 14.8. The van der Waals surface area contributed by atoms with E-state index in [9.17, 15) is 35.9 Å². The molecule has 47 heavy (non-hydrogen) atoms. The number of ether oxygens (including phenoxy) is 1. The van der Waals surface area contributed by atoms with Crippen LogP contribution in [0.1, 0.15) is 60.0 Å². The average Bonchev–Trinajstić information content (AvgIpc) is 3.02. The second kappa shape index (κ2) is 15.6. The second-order valence-corrected chi connectivity index (χ2v) is 10.8. The van der Waals surface area contributed by atoms with Crippen molar-refractivity contribution in [1.29, 1.82) is 0 Å². The first-order valence-electron chi connectivity index (χ1n) is 14.8. The highest BCUT2D eigenvalue weighted by atomic mass is 19.4. The number of carboxylic acid groups (broad SMARTS) is 1. The Hall–Kier alpha value is -4.94. The molecule has 250 valence electrons. The molecule has 0 atom stereocenters. The van der Waals surface area contributed by atoms with E-state index in [4.69, 9.17) is 5.11 Å². The number of nitrogens with zero attached hydrogens (tertiary/aromatic N) is 1. The summed E-state index contributed by atoms with van der Waals surface area (Å²) >= 11 is 0. The van der Waals surface area contributed by atoms with Crippen LogP contribution in [0.4, 0.5) is 37.7 Å². The lowest BCUT2D eigenvalue weighted by Crippen LogP contribution is -2.28. The van der Waals surface area contributed by atoms with Crippen LogP contribution in [-0.2, 0) is 11.3 Å². The van der Waals surface area contributed by atoms with Crippen LogP contribution in [0.3, 0.4) is 0 Å². The van der Waals surface area contributed by atoms with Gasteiger partial charge in [-0.25, -0.2) is 0 Å². The van der Waals surface area contributed by atoms with Crippen molar-refractivity contribution in [3.8, 4) is 5.75 Å². The predicted molar refractivity (Wildman–Crippen MR) is 166 cm³/mol. The summed E-state index contributed by atoms with van der Waals surface area (Å²) < 4.78 is 82.3. The van der Waals surface area contributed by atoms with Gasteiger partial charge in [0.05, 0.1) is 12.8 Å². The molecule has 0 fully saturated rings. The standard InChI is InChI=1S/C34H33F6N3O4/c35-33(36,37)20-18-30(42-27-12-16-29(17-13-27)47-34(38,39)40)43(28-14-10-25(11-15-28)24-4-2-1-3-5-24)22-23-6-8-26(9-7-23)32(46)41-21-19-31(44)45/h4,6-18,42H,1-3,5,19-22H2,(H,41,46)(H,44,45)/b30-18-. The van der Waals surface area contributed by atoms with Gasteiger partial charge in [-0.3, -0.25) is 9.59 Å². The number of nitrogens with one attached hydrogen (secondary N) is 2. The molecular formula is C34H33F6N3O4. The van der Waals surface area contributed by atoms with Gasteiger partial charge >= 0.3 is 18.5 Å².